The van der Waals surface area contributed by atoms with Gasteiger partial charge >= 0.3 is 0 Å². The third kappa shape index (κ3) is 2.05. The maximum Gasteiger partial charge on any atom is 0.141 e. The standard InChI is InChI=1S/C9H17NO2/c1-9(2,12)7-6-10(3)5-4-8(7)11/h7,12H,4-6H2,1-3H3. The van der Waals surface area contributed by atoms with E-state index in [9.17, 15) is 9.90 Å². The van der Waals surface area contributed by atoms with Crippen LogP contribution in [-0.2, 0) is 4.79 Å². The summed E-state index contributed by atoms with van der Waals surface area (Å²) in [6.45, 7) is 4.91. The second kappa shape index (κ2) is 3.15. The van der Waals surface area contributed by atoms with Crippen LogP contribution in [0.1, 0.15) is 20.3 Å². The quantitative estimate of drug-likeness (QED) is 0.616. The molecule has 0 aromatic heterocycles. The predicted octanol–water partition coefficient (Wildman–Crippen LogP) is 0.278. The van der Waals surface area contributed by atoms with Gasteiger partial charge in [0.1, 0.15) is 5.78 Å². The molecule has 0 bridgehead atoms. The monoisotopic (exact) mass is 171 g/mol. The highest BCUT2D eigenvalue weighted by Crippen LogP contribution is 2.23. The molecule has 0 aliphatic carbocycles. The molecule has 1 rings (SSSR count). The van der Waals surface area contributed by atoms with E-state index in [0.29, 0.717) is 13.0 Å². The largest absolute Gasteiger partial charge is 0.390 e. The molecule has 0 aromatic rings. The molecule has 1 aliphatic heterocycles. The van der Waals surface area contributed by atoms with Crippen LogP contribution in [0.3, 0.4) is 0 Å². The summed E-state index contributed by atoms with van der Waals surface area (Å²) in [6, 6.07) is 0. The lowest BCUT2D eigenvalue weighted by molar-refractivity contribution is -0.134. The number of hydrogen-bond acceptors (Lipinski definition) is 3. The van der Waals surface area contributed by atoms with Crippen molar-refractivity contribution >= 4 is 5.78 Å². The molecular weight excluding hydrogens is 154 g/mol. The van der Waals surface area contributed by atoms with Crippen LogP contribution in [0, 0.1) is 5.92 Å². The molecule has 70 valence electrons. The van der Waals surface area contributed by atoms with E-state index in [4.69, 9.17) is 0 Å². The number of piperidine rings is 1. The Labute approximate surface area is 73.4 Å². The number of carbonyl (C=O) groups is 1. The van der Waals surface area contributed by atoms with Crippen LogP contribution in [0.5, 0.6) is 0 Å². The number of carbonyl (C=O) groups excluding carboxylic acids is 1. The van der Waals surface area contributed by atoms with E-state index in [1.807, 2.05) is 7.05 Å². The average molecular weight is 171 g/mol. The van der Waals surface area contributed by atoms with E-state index in [2.05, 4.69) is 4.90 Å². The van der Waals surface area contributed by atoms with Crippen LogP contribution in [0.2, 0.25) is 0 Å². The van der Waals surface area contributed by atoms with Gasteiger partial charge in [0, 0.05) is 19.5 Å². The first kappa shape index (κ1) is 9.68. The van der Waals surface area contributed by atoms with Crippen molar-refractivity contribution in [3.63, 3.8) is 0 Å². The van der Waals surface area contributed by atoms with Gasteiger partial charge in [0.2, 0.25) is 0 Å². The van der Waals surface area contributed by atoms with Crippen LogP contribution in [0.25, 0.3) is 0 Å². The molecule has 1 N–H and O–H groups in total. The maximum absolute atomic E-state index is 11.4. The molecule has 1 aliphatic rings. The van der Waals surface area contributed by atoms with Crippen molar-refractivity contribution in [1.29, 1.82) is 0 Å². The molecule has 0 radical (unpaired) electrons. The van der Waals surface area contributed by atoms with Gasteiger partial charge in [-0.25, -0.2) is 0 Å². The third-order valence-electron chi connectivity index (χ3n) is 2.48. The van der Waals surface area contributed by atoms with Crippen molar-refractivity contribution < 1.29 is 9.90 Å². The Kier molecular flexibility index (Phi) is 2.54. The normalized spacial score (nSPS) is 27.7. The zero-order chi connectivity index (χ0) is 9.35. The van der Waals surface area contributed by atoms with Crippen molar-refractivity contribution in [2.75, 3.05) is 20.1 Å². The van der Waals surface area contributed by atoms with Gasteiger partial charge in [-0.05, 0) is 20.9 Å². The lowest BCUT2D eigenvalue weighted by Gasteiger charge is -2.35. The van der Waals surface area contributed by atoms with Gasteiger partial charge in [-0.15, -0.1) is 0 Å². The fourth-order valence-corrected chi connectivity index (χ4v) is 1.60. The highest BCUT2D eigenvalue weighted by atomic mass is 16.3. The summed E-state index contributed by atoms with van der Waals surface area (Å²) < 4.78 is 0. The maximum atomic E-state index is 11.4. The summed E-state index contributed by atoms with van der Waals surface area (Å²) in [4.78, 5) is 13.5. The molecular formula is C9H17NO2. The number of likely N-dealkylation sites (tertiary alicyclic amines) is 1. The minimum atomic E-state index is -0.869. The minimum Gasteiger partial charge on any atom is -0.390 e. The lowest BCUT2D eigenvalue weighted by atomic mass is 9.83. The van der Waals surface area contributed by atoms with Crippen LogP contribution in [-0.4, -0.2) is 41.5 Å². The van der Waals surface area contributed by atoms with E-state index in [1.165, 1.54) is 0 Å². The Morgan fingerprint density at radius 1 is 1.58 bits per heavy atom. The molecule has 0 amide bonds. The summed E-state index contributed by atoms with van der Waals surface area (Å²) in [5, 5.41) is 9.68. The van der Waals surface area contributed by atoms with Crippen molar-refractivity contribution in [2.24, 2.45) is 5.92 Å². The summed E-state index contributed by atoms with van der Waals surface area (Å²) in [7, 11) is 1.98. The van der Waals surface area contributed by atoms with Crippen LogP contribution < -0.4 is 0 Å². The first-order valence-electron chi connectivity index (χ1n) is 4.35. The molecule has 1 fully saturated rings. The number of rotatable bonds is 1. The topological polar surface area (TPSA) is 40.5 Å². The number of nitrogens with zero attached hydrogens (tertiary/aromatic N) is 1. The number of ketones is 1. The molecule has 1 saturated heterocycles. The van der Waals surface area contributed by atoms with Gasteiger partial charge in [-0.2, -0.15) is 0 Å². The lowest BCUT2D eigenvalue weighted by Crippen LogP contribution is -2.48. The van der Waals surface area contributed by atoms with Crippen LogP contribution in [0.4, 0.5) is 0 Å². The second-order valence-corrected chi connectivity index (χ2v) is 4.18. The summed E-state index contributed by atoms with van der Waals surface area (Å²) >= 11 is 0. The summed E-state index contributed by atoms with van der Waals surface area (Å²) in [6.07, 6.45) is 0.575. The molecule has 1 atom stereocenters. The zero-order valence-electron chi connectivity index (χ0n) is 8.00. The Hall–Kier alpha value is -0.410. The molecule has 3 heteroatoms. The smallest absolute Gasteiger partial charge is 0.141 e. The van der Waals surface area contributed by atoms with Gasteiger partial charge in [-0.3, -0.25) is 4.79 Å². The van der Waals surface area contributed by atoms with E-state index < -0.39 is 5.60 Å². The first-order valence-corrected chi connectivity index (χ1v) is 4.35. The van der Waals surface area contributed by atoms with E-state index in [-0.39, 0.29) is 11.7 Å². The SMILES string of the molecule is CN1CCC(=O)C(C(C)(C)O)C1. The van der Waals surface area contributed by atoms with Crippen molar-refractivity contribution in [3.8, 4) is 0 Å². The highest BCUT2D eigenvalue weighted by molar-refractivity contribution is 5.83. The average Bonchev–Trinajstić information content (AvgIpc) is 1.92. The highest BCUT2D eigenvalue weighted by Gasteiger charge is 2.36. The number of aliphatic hydroxyl groups is 1. The van der Waals surface area contributed by atoms with Crippen LogP contribution in [0.15, 0.2) is 0 Å². The summed E-state index contributed by atoms with van der Waals surface area (Å²) in [5.41, 5.74) is -0.869. The van der Waals surface area contributed by atoms with Crippen LogP contribution >= 0.6 is 0 Å². The molecule has 12 heavy (non-hydrogen) atoms. The molecule has 1 unspecified atom stereocenters. The predicted molar refractivity (Wildman–Crippen MR) is 46.9 cm³/mol. The van der Waals surface area contributed by atoms with Crippen molar-refractivity contribution in [1.82, 2.24) is 4.90 Å². The Bertz CT molecular complexity index is 183. The molecule has 0 saturated carbocycles. The van der Waals surface area contributed by atoms with E-state index >= 15 is 0 Å². The second-order valence-electron chi connectivity index (χ2n) is 4.18. The Morgan fingerprint density at radius 2 is 2.17 bits per heavy atom. The van der Waals surface area contributed by atoms with E-state index in [0.717, 1.165) is 6.54 Å². The molecule has 1 heterocycles. The van der Waals surface area contributed by atoms with Gasteiger partial charge in [0.05, 0.1) is 11.5 Å². The molecule has 0 spiro atoms. The van der Waals surface area contributed by atoms with Gasteiger partial charge in [0.25, 0.3) is 0 Å². The van der Waals surface area contributed by atoms with Crippen molar-refractivity contribution in [3.05, 3.63) is 0 Å². The number of Topliss-reactive ketones (excluding diaryl/α,β-unsaturated/α-hetero) is 1. The number of hydrogen-bond donors (Lipinski definition) is 1. The Balaban J connectivity index is 2.68. The van der Waals surface area contributed by atoms with Gasteiger partial charge in [-0.1, -0.05) is 0 Å². The fraction of sp³-hybridized carbons (Fsp3) is 0.889. The van der Waals surface area contributed by atoms with Gasteiger partial charge < -0.3 is 10.0 Å². The minimum absolute atomic E-state index is 0.195. The zero-order valence-corrected chi connectivity index (χ0v) is 8.00. The van der Waals surface area contributed by atoms with Gasteiger partial charge in [0.15, 0.2) is 0 Å². The molecule has 3 nitrogen and oxygen atoms in total. The fourth-order valence-electron chi connectivity index (χ4n) is 1.60. The van der Waals surface area contributed by atoms with E-state index in [1.54, 1.807) is 13.8 Å². The van der Waals surface area contributed by atoms with Crippen molar-refractivity contribution in [2.45, 2.75) is 25.9 Å². The Morgan fingerprint density at radius 3 is 2.58 bits per heavy atom. The summed E-state index contributed by atoms with van der Waals surface area (Å²) in [5.74, 6) is -0.0168. The first-order chi connectivity index (χ1) is 5.41. The molecule has 0 aromatic carbocycles. The third-order valence-corrected chi connectivity index (χ3v) is 2.48.